The highest BCUT2D eigenvalue weighted by Crippen LogP contribution is 2.29. The quantitative estimate of drug-likeness (QED) is 0.0489. The Balaban J connectivity index is 4.43. The Kier molecular flexibility index (Phi) is 23.6. The third-order valence-electron chi connectivity index (χ3n) is 7.70. The second kappa shape index (κ2) is 24.8. The Morgan fingerprint density at radius 3 is 1.35 bits per heavy atom. The summed E-state index contributed by atoms with van der Waals surface area (Å²) >= 11 is 0. The molecule has 3 N–H and O–H groups in total. The molecule has 0 saturated carbocycles. The van der Waals surface area contributed by atoms with E-state index in [-0.39, 0.29) is 12.8 Å². The summed E-state index contributed by atoms with van der Waals surface area (Å²) < 4.78 is 4.88. The van der Waals surface area contributed by atoms with E-state index in [2.05, 4.69) is 13.8 Å². The molecule has 0 amide bonds. The zero-order valence-electron chi connectivity index (χ0n) is 25.4. The van der Waals surface area contributed by atoms with E-state index in [0.717, 1.165) is 51.4 Å². The van der Waals surface area contributed by atoms with Gasteiger partial charge in [-0.2, -0.15) is 0 Å². The molecule has 0 aromatic carbocycles. The van der Waals surface area contributed by atoms with Crippen molar-refractivity contribution >= 4 is 23.9 Å². The van der Waals surface area contributed by atoms with Gasteiger partial charge in [-0.15, -0.1) is 0 Å². The van der Waals surface area contributed by atoms with Crippen molar-refractivity contribution in [3.05, 3.63) is 0 Å². The third kappa shape index (κ3) is 19.2. The van der Waals surface area contributed by atoms with Crippen molar-refractivity contribution in [2.75, 3.05) is 0 Å². The van der Waals surface area contributed by atoms with Crippen LogP contribution >= 0.6 is 0 Å². The summed E-state index contributed by atoms with van der Waals surface area (Å²) in [7, 11) is 0. The average molecular weight is 571 g/mol. The van der Waals surface area contributed by atoms with Crippen LogP contribution in [0.1, 0.15) is 168 Å². The number of ether oxygens (including phenoxy) is 1. The molecule has 0 saturated heterocycles. The summed E-state index contributed by atoms with van der Waals surface area (Å²) in [5.74, 6) is -6.92. The Morgan fingerprint density at radius 1 is 0.600 bits per heavy atom. The number of hydrogen-bond acceptors (Lipinski definition) is 6. The molecular formula is C32H58O8. The molecule has 0 bridgehead atoms. The van der Waals surface area contributed by atoms with Gasteiger partial charge < -0.3 is 20.1 Å². The van der Waals surface area contributed by atoms with Crippen LogP contribution in [0.3, 0.4) is 0 Å². The fourth-order valence-electron chi connectivity index (χ4n) is 5.13. The van der Waals surface area contributed by atoms with Gasteiger partial charge >= 0.3 is 23.9 Å². The predicted octanol–water partition coefficient (Wildman–Crippen LogP) is 7.97. The molecule has 2 atom stereocenters. The van der Waals surface area contributed by atoms with Gasteiger partial charge in [-0.3, -0.25) is 14.4 Å². The zero-order valence-corrected chi connectivity index (χ0v) is 25.4. The van der Waals surface area contributed by atoms with Crippen molar-refractivity contribution in [2.24, 2.45) is 5.92 Å². The fourth-order valence-corrected chi connectivity index (χ4v) is 5.13. The van der Waals surface area contributed by atoms with Crippen LogP contribution in [0.2, 0.25) is 0 Å². The van der Waals surface area contributed by atoms with Gasteiger partial charge in [-0.1, -0.05) is 142 Å². The summed E-state index contributed by atoms with van der Waals surface area (Å²) in [5, 5.41) is 29.5. The van der Waals surface area contributed by atoms with E-state index >= 15 is 0 Å². The van der Waals surface area contributed by atoms with Crippen molar-refractivity contribution < 1.29 is 39.2 Å². The number of carbonyl (C=O) groups is 4. The molecule has 0 fully saturated rings. The zero-order chi connectivity index (χ0) is 30.1. The van der Waals surface area contributed by atoms with Crippen LogP contribution in [0.15, 0.2) is 0 Å². The van der Waals surface area contributed by atoms with Gasteiger partial charge in [0.15, 0.2) is 5.60 Å². The van der Waals surface area contributed by atoms with Gasteiger partial charge in [-0.25, -0.2) is 4.79 Å². The number of esters is 2. The third-order valence-corrected chi connectivity index (χ3v) is 7.70. The predicted molar refractivity (Wildman–Crippen MR) is 157 cm³/mol. The molecule has 0 aromatic rings. The smallest absolute Gasteiger partial charge is 0.337 e. The standard InChI is InChI=1S/C32H58O8/c1-3-5-7-9-10-11-12-13-14-15-16-17-18-19-21-22-24-27(32(39,31(37)38)26-28(33)34)30(36)40-29(35)25-23-20-8-6-4-2/h27,39H,3-26H2,1-2H3,(H,33,34)(H,37,38). The summed E-state index contributed by atoms with van der Waals surface area (Å²) in [6.07, 6.45) is 21.8. The number of rotatable bonds is 28. The minimum atomic E-state index is -2.83. The lowest BCUT2D eigenvalue weighted by Crippen LogP contribution is -2.51. The molecule has 0 spiro atoms. The highest BCUT2D eigenvalue weighted by atomic mass is 16.6. The van der Waals surface area contributed by atoms with Crippen LogP contribution in [-0.2, 0) is 23.9 Å². The van der Waals surface area contributed by atoms with E-state index in [1.54, 1.807) is 0 Å². The summed E-state index contributed by atoms with van der Waals surface area (Å²) in [4.78, 5) is 48.0. The minimum absolute atomic E-state index is 0.0195. The molecule has 0 aromatic heterocycles. The average Bonchev–Trinajstić information content (AvgIpc) is 2.89. The Hall–Kier alpha value is -1.96. The second-order valence-electron chi connectivity index (χ2n) is 11.4. The maximum atomic E-state index is 12.8. The highest BCUT2D eigenvalue weighted by molar-refractivity contribution is 5.93. The molecule has 8 nitrogen and oxygen atoms in total. The van der Waals surface area contributed by atoms with Crippen LogP contribution in [0, 0.1) is 5.92 Å². The van der Waals surface area contributed by atoms with Gasteiger partial charge in [0.05, 0.1) is 12.3 Å². The molecule has 0 aliphatic rings. The Morgan fingerprint density at radius 2 is 0.975 bits per heavy atom. The minimum Gasteiger partial charge on any atom is -0.481 e. The lowest BCUT2D eigenvalue weighted by atomic mass is 9.81. The van der Waals surface area contributed by atoms with E-state index in [1.807, 2.05) is 0 Å². The van der Waals surface area contributed by atoms with Gasteiger partial charge in [0.2, 0.25) is 0 Å². The maximum Gasteiger partial charge on any atom is 0.337 e. The first-order valence-corrected chi connectivity index (χ1v) is 16.1. The van der Waals surface area contributed by atoms with Gasteiger partial charge in [0.1, 0.15) is 0 Å². The van der Waals surface area contributed by atoms with Crippen molar-refractivity contribution in [3.63, 3.8) is 0 Å². The molecule has 2 unspecified atom stereocenters. The van der Waals surface area contributed by atoms with E-state index in [4.69, 9.17) is 9.84 Å². The normalized spacial score (nSPS) is 13.5. The van der Waals surface area contributed by atoms with Crippen LogP contribution < -0.4 is 0 Å². The molecule has 0 radical (unpaired) electrons. The first kappa shape index (κ1) is 38.0. The van der Waals surface area contributed by atoms with Crippen LogP contribution in [-0.4, -0.2) is 44.8 Å². The molecule has 0 aliphatic carbocycles. The molecule has 0 heterocycles. The van der Waals surface area contributed by atoms with Crippen molar-refractivity contribution in [1.29, 1.82) is 0 Å². The number of aliphatic hydroxyl groups is 1. The number of unbranched alkanes of at least 4 members (excludes halogenated alkanes) is 19. The summed E-state index contributed by atoms with van der Waals surface area (Å²) in [6, 6.07) is 0. The van der Waals surface area contributed by atoms with E-state index in [1.165, 1.54) is 70.6 Å². The van der Waals surface area contributed by atoms with Crippen LogP contribution in [0.5, 0.6) is 0 Å². The van der Waals surface area contributed by atoms with Crippen molar-refractivity contribution in [3.8, 4) is 0 Å². The number of carboxylic acids is 2. The maximum absolute atomic E-state index is 12.8. The number of carbonyl (C=O) groups excluding carboxylic acids is 2. The van der Waals surface area contributed by atoms with E-state index in [9.17, 15) is 29.4 Å². The largest absolute Gasteiger partial charge is 0.481 e. The Labute approximate surface area is 242 Å². The molecular weight excluding hydrogens is 512 g/mol. The number of hydrogen-bond donors (Lipinski definition) is 3. The first-order chi connectivity index (χ1) is 19.2. The van der Waals surface area contributed by atoms with Gasteiger partial charge in [0.25, 0.3) is 0 Å². The molecule has 0 aliphatic heterocycles. The number of aliphatic carboxylic acids is 2. The van der Waals surface area contributed by atoms with Crippen molar-refractivity contribution in [2.45, 2.75) is 174 Å². The monoisotopic (exact) mass is 570 g/mol. The summed E-state index contributed by atoms with van der Waals surface area (Å²) in [5.41, 5.74) is -2.83. The molecule has 8 heteroatoms. The molecule has 0 rings (SSSR count). The lowest BCUT2D eigenvalue weighted by Gasteiger charge is -2.29. The number of carboxylic acid groups (broad SMARTS) is 2. The van der Waals surface area contributed by atoms with Crippen LogP contribution in [0.25, 0.3) is 0 Å². The fraction of sp³-hybridized carbons (Fsp3) is 0.875. The molecule has 40 heavy (non-hydrogen) atoms. The Bertz CT molecular complexity index is 692. The first-order valence-electron chi connectivity index (χ1n) is 16.1. The van der Waals surface area contributed by atoms with Crippen molar-refractivity contribution in [1.82, 2.24) is 0 Å². The summed E-state index contributed by atoms with van der Waals surface area (Å²) in [6.45, 7) is 4.32. The van der Waals surface area contributed by atoms with E-state index < -0.39 is 41.8 Å². The topological polar surface area (TPSA) is 138 Å². The second-order valence-corrected chi connectivity index (χ2v) is 11.4. The lowest BCUT2D eigenvalue weighted by molar-refractivity contribution is -0.184. The van der Waals surface area contributed by atoms with Crippen LogP contribution in [0.4, 0.5) is 0 Å². The van der Waals surface area contributed by atoms with Gasteiger partial charge in [0, 0.05) is 6.42 Å². The van der Waals surface area contributed by atoms with E-state index in [0.29, 0.717) is 12.8 Å². The molecule has 234 valence electrons. The van der Waals surface area contributed by atoms with Gasteiger partial charge in [-0.05, 0) is 12.8 Å². The highest BCUT2D eigenvalue weighted by Gasteiger charge is 2.50. The SMILES string of the molecule is CCCCCCCCCCCCCCCCCCC(C(=O)OC(=O)CCCCCCC)C(O)(CC(=O)O)C(=O)O.